The van der Waals surface area contributed by atoms with Crippen LogP contribution in [0, 0.1) is 0 Å². The number of hydrogen-bond acceptors (Lipinski definition) is 3. The van der Waals surface area contributed by atoms with Crippen LogP contribution < -0.4 is 10.2 Å². The number of rotatable bonds is 3. The van der Waals surface area contributed by atoms with Crippen molar-refractivity contribution in [1.82, 2.24) is 10.3 Å². The van der Waals surface area contributed by atoms with E-state index < -0.39 is 0 Å². The summed E-state index contributed by atoms with van der Waals surface area (Å²) >= 11 is 0. The Morgan fingerprint density at radius 3 is 3.13 bits per heavy atom. The summed E-state index contributed by atoms with van der Waals surface area (Å²) < 4.78 is 0. The number of nitrogens with one attached hydrogen (secondary N) is 1. The zero-order chi connectivity index (χ0) is 10.7. The summed E-state index contributed by atoms with van der Waals surface area (Å²) in [6.07, 6.45) is 2.22. The van der Waals surface area contributed by atoms with Crippen molar-refractivity contribution >= 4 is 5.82 Å². The lowest BCUT2D eigenvalue weighted by atomic mass is 10.1. The van der Waals surface area contributed by atoms with Crippen LogP contribution in [0.25, 0.3) is 0 Å². The van der Waals surface area contributed by atoms with E-state index >= 15 is 0 Å². The second-order valence-electron chi connectivity index (χ2n) is 4.12. The predicted molar refractivity (Wildman–Crippen MR) is 63.2 cm³/mol. The van der Waals surface area contributed by atoms with Crippen LogP contribution in [0.15, 0.2) is 12.1 Å². The van der Waals surface area contributed by atoms with Crippen molar-refractivity contribution in [3.8, 4) is 0 Å². The molecular formula is C12H19N3. The quantitative estimate of drug-likeness (QED) is 0.812. The fraction of sp³-hybridized carbons (Fsp3) is 0.583. The van der Waals surface area contributed by atoms with Gasteiger partial charge in [0, 0.05) is 38.8 Å². The number of pyridine rings is 1. The van der Waals surface area contributed by atoms with Gasteiger partial charge in [-0.3, -0.25) is 0 Å². The monoisotopic (exact) mass is 205 g/mol. The van der Waals surface area contributed by atoms with Crippen molar-refractivity contribution in [3.63, 3.8) is 0 Å². The molecule has 0 unspecified atom stereocenters. The van der Waals surface area contributed by atoms with Gasteiger partial charge in [0.1, 0.15) is 5.82 Å². The third-order valence-corrected chi connectivity index (χ3v) is 2.86. The molecule has 0 saturated heterocycles. The molecule has 82 valence electrons. The Hall–Kier alpha value is -1.09. The summed E-state index contributed by atoms with van der Waals surface area (Å²) in [6, 6.07) is 4.33. The van der Waals surface area contributed by atoms with E-state index in [4.69, 9.17) is 4.98 Å². The average Bonchev–Trinajstić information content (AvgIpc) is 2.29. The van der Waals surface area contributed by atoms with E-state index in [9.17, 15) is 0 Å². The van der Waals surface area contributed by atoms with Crippen LogP contribution in [0.2, 0.25) is 0 Å². The molecule has 0 amide bonds. The molecule has 2 rings (SSSR count). The smallest absolute Gasteiger partial charge is 0.128 e. The van der Waals surface area contributed by atoms with E-state index in [1.54, 1.807) is 0 Å². The molecule has 0 saturated carbocycles. The maximum Gasteiger partial charge on any atom is 0.128 e. The highest BCUT2D eigenvalue weighted by Crippen LogP contribution is 2.17. The van der Waals surface area contributed by atoms with E-state index in [0.29, 0.717) is 0 Å². The third-order valence-electron chi connectivity index (χ3n) is 2.86. The molecule has 1 aliphatic rings. The molecular weight excluding hydrogens is 186 g/mol. The van der Waals surface area contributed by atoms with Crippen LogP contribution >= 0.6 is 0 Å². The Kier molecular flexibility index (Phi) is 3.21. The fourth-order valence-corrected chi connectivity index (χ4v) is 1.99. The van der Waals surface area contributed by atoms with E-state index in [1.165, 1.54) is 11.3 Å². The van der Waals surface area contributed by atoms with E-state index in [2.05, 4.69) is 36.3 Å². The molecule has 0 radical (unpaired) electrons. The highest BCUT2D eigenvalue weighted by atomic mass is 15.2. The van der Waals surface area contributed by atoms with Crippen molar-refractivity contribution in [2.24, 2.45) is 0 Å². The van der Waals surface area contributed by atoms with Crippen molar-refractivity contribution in [1.29, 1.82) is 0 Å². The highest BCUT2D eigenvalue weighted by Gasteiger charge is 2.11. The van der Waals surface area contributed by atoms with Crippen LogP contribution in [0.3, 0.4) is 0 Å². The predicted octanol–water partition coefficient (Wildman–Crippen LogP) is 1.57. The Morgan fingerprint density at radius 1 is 1.47 bits per heavy atom. The third kappa shape index (κ3) is 2.29. The summed E-state index contributed by atoms with van der Waals surface area (Å²) in [4.78, 5) is 6.94. The molecule has 0 bridgehead atoms. The van der Waals surface area contributed by atoms with Gasteiger partial charge in [-0.15, -0.1) is 0 Å². The maximum absolute atomic E-state index is 4.72. The van der Waals surface area contributed by atoms with E-state index in [-0.39, 0.29) is 0 Å². The Balaban J connectivity index is 2.20. The lowest BCUT2D eigenvalue weighted by molar-refractivity contribution is 0.629. The van der Waals surface area contributed by atoms with Gasteiger partial charge in [-0.1, -0.05) is 13.0 Å². The minimum atomic E-state index is 0.972. The molecule has 0 fully saturated rings. The minimum absolute atomic E-state index is 0.972. The molecule has 15 heavy (non-hydrogen) atoms. The first-order valence-electron chi connectivity index (χ1n) is 5.72. The molecule has 0 aliphatic carbocycles. The molecule has 0 atom stereocenters. The largest absolute Gasteiger partial charge is 0.360 e. The number of fused-ring (bicyclic) bond motifs is 1. The van der Waals surface area contributed by atoms with Crippen molar-refractivity contribution in [3.05, 3.63) is 23.4 Å². The Morgan fingerprint density at radius 2 is 2.33 bits per heavy atom. The maximum atomic E-state index is 4.72. The summed E-state index contributed by atoms with van der Waals surface area (Å²) in [5.41, 5.74) is 2.63. The van der Waals surface area contributed by atoms with Gasteiger partial charge in [0.25, 0.3) is 0 Å². The van der Waals surface area contributed by atoms with Gasteiger partial charge in [0.05, 0.1) is 0 Å². The first-order valence-corrected chi connectivity index (χ1v) is 5.72. The van der Waals surface area contributed by atoms with Gasteiger partial charge >= 0.3 is 0 Å². The molecule has 0 spiro atoms. The standard InChI is InChI=1S/C12H19N3/c1-3-8-15(2)12-5-4-10-9-13-7-6-11(10)14-12/h4-5,13H,3,6-9H2,1-2H3. The van der Waals surface area contributed by atoms with Crippen molar-refractivity contribution < 1.29 is 0 Å². The number of hydrogen-bond donors (Lipinski definition) is 1. The molecule has 1 aromatic heterocycles. The van der Waals surface area contributed by atoms with Crippen molar-refractivity contribution in [2.45, 2.75) is 26.3 Å². The second-order valence-corrected chi connectivity index (χ2v) is 4.12. The van der Waals surface area contributed by atoms with E-state index in [1.807, 2.05) is 0 Å². The fourth-order valence-electron chi connectivity index (χ4n) is 1.99. The lowest BCUT2D eigenvalue weighted by Gasteiger charge is -2.21. The first-order chi connectivity index (χ1) is 7.31. The summed E-state index contributed by atoms with van der Waals surface area (Å²) in [7, 11) is 2.11. The molecule has 1 aromatic rings. The topological polar surface area (TPSA) is 28.2 Å². The molecule has 3 nitrogen and oxygen atoms in total. The number of aromatic nitrogens is 1. The molecule has 1 aliphatic heterocycles. The highest BCUT2D eigenvalue weighted by molar-refractivity contribution is 5.41. The van der Waals surface area contributed by atoms with Crippen LogP contribution in [-0.2, 0) is 13.0 Å². The minimum Gasteiger partial charge on any atom is -0.360 e. The summed E-state index contributed by atoms with van der Waals surface area (Å²) in [6.45, 7) is 5.30. The van der Waals surface area contributed by atoms with Gasteiger partial charge in [-0.05, 0) is 18.1 Å². The molecule has 1 N–H and O–H groups in total. The second kappa shape index (κ2) is 4.62. The summed E-state index contributed by atoms with van der Waals surface area (Å²) in [5.74, 6) is 1.11. The lowest BCUT2D eigenvalue weighted by Crippen LogP contribution is -2.26. The van der Waals surface area contributed by atoms with Gasteiger partial charge in [-0.25, -0.2) is 4.98 Å². The van der Waals surface area contributed by atoms with Gasteiger partial charge in [0.2, 0.25) is 0 Å². The molecule has 2 heterocycles. The summed E-state index contributed by atoms with van der Waals surface area (Å²) in [5, 5.41) is 3.36. The van der Waals surface area contributed by atoms with Gasteiger partial charge in [0.15, 0.2) is 0 Å². The van der Waals surface area contributed by atoms with Crippen LogP contribution in [0.1, 0.15) is 24.6 Å². The Bertz CT molecular complexity index is 336. The van der Waals surface area contributed by atoms with E-state index in [0.717, 1.165) is 38.3 Å². The number of anilines is 1. The van der Waals surface area contributed by atoms with Crippen molar-refractivity contribution in [2.75, 3.05) is 25.0 Å². The first kappa shape index (κ1) is 10.4. The average molecular weight is 205 g/mol. The van der Waals surface area contributed by atoms with Gasteiger partial charge in [-0.2, -0.15) is 0 Å². The van der Waals surface area contributed by atoms with Gasteiger partial charge < -0.3 is 10.2 Å². The van der Waals surface area contributed by atoms with Crippen LogP contribution in [0.4, 0.5) is 5.82 Å². The normalized spacial score (nSPS) is 14.8. The zero-order valence-electron chi connectivity index (χ0n) is 9.58. The Labute approximate surface area is 91.5 Å². The molecule has 0 aromatic carbocycles. The zero-order valence-corrected chi connectivity index (χ0v) is 9.58. The van der Waals surface area contributed by atoms with Crippen LogP contribution in [-0.4, -0.2) is 25.1 Å². The van der Waals surface area contributed by atoms with Crippen LogP contribution in [0.5, 0.6) is 0 Å². The molecule has 3 heteroatoms. The number of nitrogens with zero attached hydrogens (tertiary/aromatic N) is 2. The SMILES string of the molecule is CCCN(C)c1ccc2c(n1)CCNC2.